The van der Waals surface area contributed by atoms with Gasteiger partial charge in [0.2, 0.25) is 0 Å². The highest BCUT2D eigenvalue weighted by atomic mass is 79.9. The first-order valence-corrected chi connectivity index (χ1v) is 11.3. The van der Waals surface area contributed by atoms with Crippen LogP contribution in [0.15, 0.2) is 51.6 Å². The maximum absolute atomic E-state index is 5.76. The van der Waals surface area contributed by atoms with Crippen LogP contribution in [0.1, 0.15) is 12.5 Å². The van der Waals surface area contributed by atoms with Crippen LogP contribution in [0.2, 0.25) is 0 Å². The van der Waals surface area contributed by atoms with E-state index in [0.29, 0.717) is 24.0 Å². The number of benzene rings is 1. The summed E-state index contributed by atoms with van der Waals surface area (Å²) < 4.78 is 11.9. The molecule has 0 aliphatic rings. The molecule has 1 aromatic carbocycles. The number of hydrogen-bond acceptors (Lipinski definition) is 8. The fourth-order valence-corrected chi connectivity index (χ4v) is 4.18. The Morgan fingerprint density at radius 2 is 2.07 bits per heavy atom. The van der Waals surface area contributed by atoms with E-state index in [1.807, 2.05) is 31.2 Å². The Hall–Kier alpha value is -2.56. The Morgan fingerprint density at radius 3 is 2.80 bits per heavy atom. The number of H-pyrrole nitrogens is 1. The second-order valence-electron chi connectivity index (χ2n) is 6.24. The van der Waals surface area contributed by atoms with E-state index in [1.165, 1.54) is 16.9 Å². The molecule has 154 valence electrons. The third-order valence-electron chi connectivity index (χ3n) is 4.16. The third-order valence-corrected chi connectivity index (χ3v) is 5.98. The van der Waals surface area contributed by atoms with E-state index in [0.717, 1.165) is 33.0 Å². The molecule has 0 atom stereocenters. The number of ether oxygens (including phenoxy) is 1. The SMILES string of the molecule is CCOc1cc(-c2nccc(NCCc3ccc(Br)cc3)n2)sc1-c1nc(=S)o[nH]1. The number of aromatic amines is 1. The third kappa shape index (κ3) is 4.94. The number of anilines is 1. The van der Waals surface area contributed by atoms with Crippen molar-refractivity contribution in [1.29, 1.82) is 0 Å². The van der Waals surface area contributed by atoms with Gasteiger partial charge in [-0.3, -0.25) is 0 Å². The number of aromatic nitrogens is 4. The number of nitrogens with zero attached hydrogens (tertiary/aromatic N) is 3. The second kappa shape index (κ2) is 9.50. The van der Waals surface area contributed by atoms with E-state index >= 15 is 0 Å². The van der Waals surface area contributed by atoms with Gasteiger partial charge in [-0.25, -0.2) is 9.97 Å². The van der Waals surface area contributed by atoms with Crippen LogP contribution in [0.5, 0.6) is 5.75 Å². The van der Waals surface area contributed by atoms with Gasteiger partial charge in [-0.2, -0.15) is 10.1 Å². The summed E-state index contributed by atoms with van der Waals surface area (Å²) in [6, 6.07) is 12.1. The van der Waals surface area contributed by atoms with Crippen molar-refractivity contribution in [3.63, 3.8) is 0 Å². The molecule has 0 saturated carbocycles. The van der Waals surface area contributed by atoms with Crippen molar-refractivity contribution < 1.29 is 9.26 Å². The van der Waals surface area contributed by atoms with Crippen molar-refractivity contribution in [2.75, 3.05) is 18.5 Å². The summed E-state index contributed by atoms with van der Waals surface area (Å²) in [6.45, 7) is 3.23. The topological polar surface area (TPSA) is 88.9 Å². The number of thiophene rings is 1. The zero-order valence-corrected chi connectivity index (χ0v) is 19.2. The fraction of sp³-hybridized carbons (Fsp3) is 0.200. The molecule has 4 rings (SSSR count). The maximum atomic E-state index is 5.76. The van der Waals surface area contributed by atoms with E-state index in [-0.39, 0.29) is 4.84 Å². The Morgan fingerprint density at radius 1 is 1.23 bits per heavy atom. The zero-order valence-electron chi connectivity index (χ0n) is 16.0. The van der Waals surface area contributed by atoms with Crippen LogP contribution in [-0.4, -0.2) is 33.3 Å². The van der Waals surface area contributed by atoms with Crippen LogP contribution >= 0.6 is 39.5 Å². The molecule has 0 spiro atoms. The maximum Gasteiger partial charge on any atom is 0.314 e. The highest BCUT2D eigenvalue weighted by molar-refractivity contribution is 9.10. The fourth-order valence-electron chi connectivity index (χ4n) is 2.80. The van der Waals surface area contributed by atoms with Gasteiger partial charge in [0.15, 0.2) is 11.6 Å². The largest absolute Gasteiger partial charge is 0.492 e. The summed E-state index contributed by atoms with van der Waals surface area (Å²) in [7, 11) is 0. The standard InChI is InChI=1S/C20H18BrN5O2S2/c1-2-27-14-11-15(30-17(14)19-25-20(29)28-26-19)18-23-10-8-16(24-18)22-9-7-12-3-5-13(21)6-4-12/h3-6,8,10-11H,2,7,9H2,1H3,(H,22,23,24)(H,25,26,29). The summed E-state index contributed by atoms with van der Waals surface area (Å²) >= 11 is 9.88. The molecule has 0 bridgehead atoms. The van der Waals surface area contributed by atoms with E-state index in [9.17, 15) is 0 Å². The van der Waals surface area contributed by atoms with E-state index in [2.05, 4.69) is 53.5 Å². The van der Waals surface area contributed by atoms with Gasteiger partial charge < -0.3 is 14.6 Å². The quantitative estimate of drug-likeness (QED) is 0.296. The number of nitrogens with one attached hydrogen (secondary N) is 2. The predicted octanol–water partition coefficient (Wildman–Crippen LogP) is 5.73. The van der Waals surface area contributed by atoms with E-state index < -0.39 is 0 Å². The molecule has 2 N–H and O–H groups in total. The lowest BCUT2D eigenvalue weighted by molar-refractivity contribution is 0.342. The summed E-state index contributed by atoms with van der Waals surface area (Å²) in [6.07, 6.45) is 2.64. The molecule has 0 radical (unpaired) electrons. The monoisotopic (exact) mass is 503 g/mol. The first-order chi connectivity index (χ1) is 14.6. The van der Waals surface area contributed by atoms with E-state index in [1.54, 1.807) is 6.20 Å². The summed E-state index contributed by atoms with van der Waals surface area (Å²) in [5.74, 6) is 2.60. The van der Waals surface area contributed by atoms with Crippen molar-refractivity contribution in [1.82, 2.24) is 20.1 Å². The molecule has 3 heterocycles. The van der Waals surface area contributed by atoms with Gasteiger partial charge in [0.25, 0.3) is 0 Å². The molecule has 0 aliphatic carbocycles. The summed E-state index contributed by atoms with van der Waals surface area (Å²) in [4.78, 5) is 15.1. The molecule has 7 nitrogen and oxygen atoms in total. The highest BCUT2D eigenvalue weighted by Crippen LogP contribution is 2.40. The lowest BCUT2D eigenvalue weighted by Crippen LogP contribution is -2.06. The Balaban J connectivity index is 1.51. The second-order valence-corrected chi connectivity index (χ2v) is 8.55. The Bertz CT molecular complexity index is 1190. The average Bonchev–Trinajstić information content (AvgIpc) is 3.36. The first kappa shape index (κ1) is 20.7. The van der Waals surface area contributed by atoms with Gasteiger partial charge in [-0.15, -0.1) is 11.3 Å². The molecule has 3 aromatic heterocycles. The van der Waals surface area contributed by atoms with Gasteiger partial charge in [0, 0.05) is 23.3 Å². The molecule has 0 fully saturated rings. The Kier molecular flexibility index (Phi) is 6.56. The van der Waals surface area contributed by atoms with Crippen molar-refractivity contribution >= 4 is 45.3 Å². The van der Waals surface area contributed by atoms with Crippen molar-refractivity contribution in [3.05, 3.63) is 57.5 Å². The predicted molar refractivity (Wildman–Crippen MR) is 124 cm³/mol. The van der Waals surface area contributed by atoms with Crippen LogP contribution < -0.4 is 10.1 Å². The minimum Gasteiger partial charge on any atom is -0.492 e. The van der Waals surface area contributed by atoms with Gasteiger partial charge >= 0.3 is 4.84 Å². The number of hydrogen-bond donors (Lipinski definition) is 2. The van der Waals surface area contributed by atoms with Crippen molar-refractivity contribution in [2.24, 2.45) is 0 Å². The van der Waals surface area contributed by atoms with Crippen LogP contribution in [0.25, 0.3) is 21.4 Å². The van der Waals surface area contributed by atoms with Crippen LogP contribution in [0, 0.1) is 4.84 Å². The molecular formula is C20H18BrN5O2S2. The van der Waals surface area contributed by atoms with Crippen LogP contribution in [-0.2, 0) is 6.42 Å². The first-order valence-electron chi connectivity index (χ1n) is 9.26. The minimum atomic E-state index is 0.149. The van der Waals surface area contributed by atoms with Crippen LogP contribution in [0.4, 0.5) is 5.82 Å². The normalized spacial score (nSPS) is 10.9. The Labute approximate surface area is 190 Å². The van der Waals surface area contributed by atoms with Gasteiger partial charge in [0.1, 0.15) is 16.4 Å². The molecule has 0 aliphatic heterocycles. The van der Waals surface area contributed by atoms with Gasteiger partial charge in [-0.1, -0.05) is 28.1 Å². The number of halogens is 1. The molecule has 10 heteroatoms. The van der Waals surface area contributed by atoms with Crippen molar-refractivity contribution in [3.8, 4) is 27.2 Å². The molecular weight excluding hydrogens is 486 g/mol. The molecule has 30 heavy (non-hydrogen) atoms. The minimum absolute atomic E-state index is 0.149. The lowest BCUT2D eigenvalue weighted by atomic mass is 10.1. The molecule has 4 aromatic rings. The van der Waals surface area contributed by atoms with Gasteiger partial charge in [0.05, 0.1) is 11.5 Å². The molecule has 0 saturated heterocycles. The summed E-state index contributed by atoms with van der Waals surface area (Å²) in [5, 5.41) is 6.09. The highest BCUT2D eigenvalue weighted by Gasteiger charge is 2.18. The molecule has 0 unspecified atom stereocenters. The zero-order chi connectivity index (χ0) is 20.9. The average molecular weight is 504 g/mol. The summed E-state index contributed by atoms with van der Waals surface area (Å²) in [5.41, 5.74) is 1.26. The smallest absolute Gasteiger partial charge is 0.314 e. The van der Waals surface area contributed by atoms with Crippen molar-refractivity contribution in [2.45, 2.75) is 13.3 Å². The number of rotatable bonds is 8. The van der Waals surface area contributed by atoms with Gasteiger partial charge in [-0.05, 0) is 49.3 Å². The van der Waals surface area contributed by atoms with Crippen LogP contribution in [0.3, 0.4) is 0 Å². The lowest BCUT2D eigenvalue weighted by Gasteiger charge is -2.06. The van der Waals surface area contributed by atoms with E-state index in [4.69, 9.17) is 21.5 Å². The molecule has 0 amide bonds.